The molecular formula is C10H4Cl2N4O5. The molecule has 0 spiro atoms. The van der Waals surface area contributed by atoms with Gasteiger partial charge in [0.15, 0.2) is 0 Å². The topological polar surface area (TPSA) is 121 Å². The van der Waals surface area contributed by atoms with Gasteiger partial charge in [-0.3, -0.25) is 20.2 Å². The van der Waals surface area contributed by atoms with Crippen LogP contribution in [0.25, 0.3) is 0 Å². The number of halogens is 2. The van der Waals surface area contributed by atoms with Crippen LogP contribution >= 0.6 is 23.2 Å². The fourth-order valence-corrected chi connectivity index (χ4v) is 1.81. The lowest BCUT2D eigenvalue weighted by atomic mass is 10.3. The molecule has 0 N–H and O–H groups in total. The highest BCUT2D eigenvalue weighted by molar-refractivity contribution is 6.32. The van der Waals surface area contributed by atoms with Gasteiger partial charge in [0, 0.05) is 6.07 Å². The first kappa shape index (κ1) is 14.9. The molecule has 2 rings (SSSR count). The van der Waals surface area contributed by atoms with E-state index in [-0.39, 0.29) is 10.8 Å². The Labute approximate surface area is 126 Å². The van der Waals surface area contributed by atoms with Crippen LogP contribution in [0.4, 0.5) is 11.4 Å². The fraction of sp³-hybridized carbons (Fsp3) is 0. The van der Waals surface area contributed by atoms with Gasteiger partial charge in [-0.1, -0.05) is 29.3 Å². The first-order valence-electron chi connectivity index (χ1n) is 5.17. The van der Waals surface area contributed by atoms with Gasteiger partial charge in [-0.2, -0.15) is 4.98 Å². The van der Waals surface area contributed by atoms with Crippen LogP contribution in [0.2, 0.25) is 10.2 Å². The van der Waals surface area contributed by atoms with Crippen molar-refractivity contribution in [3.63, 3.8) is 0 Å². The Morgan fingerprint density at radius 3 is 2.43 bits per heavy atom. The molecule has 21 heavy (non-hydrogen) atoms. The van der Waals surface area contributed by atoms with Gasteiger partial charge >= 0.3 is 17.3 Å². The largest absolute Gasteiger partial charge is 0.425 e. The van der Waals surface area contributed by atoms with Gasteiger partial charge in [-0.05, 0) is 6.07 Å². The molecule has 0 fully saturated rings. The summed E-state index contributed by atoms with van der Waals surface area (Å²) >= 11 is 11.4. The van der Waals surface area contributed by atoms with Crippen molar-refractivity contribution in [3.8, 4) is 11.6 Å². The third kappa shape index (κ3) is 2.98. The second-order valence-corrected chi connectivity index (χ2v) is 4.29. The van der Waals surface area contributed by atoms with Crippen molar-refractivity contribution < 1.29 is 14.6 Å². The summed E-state index contributed by atoms with van der Waals surface area (Å²) in [6.45, 7) is 0. The molecule has 0 atom stereocenters. The van der Waals surface area contributed by atoms with Crippen molar-refractivity contribution in [1.29, 1.82) is 0 Å². The molecule has 0 amide bonds. The second-order valence-electron chi connectivity index (χ2n) is 3.52. The lowest BCUT2D eigenvalue weighted by Crippen LogP contribution is -2.00. The van der Waals surface area contributed by atoms with E-state index in [2.05, 4.69) is 9.97 Å². The highest BCUT2D eigenvalue weighted by Crippen LogP contribution is 2.40. The molecule has 11 heteroatoms. The van der Waals surface area contributed by atoms with Crippen molar-refractivity contribution in [3.05, 3.63) is 54.9 Å². The molecule has 1 aromatic carbocycles. The lowest BCUT2D eigenvalue weighted by Gasteiger charge is -2.07. The van der Waals surface area contributed by atoms with Gasteiger partial charge in [-0.25, -0.2) is 4.98 Å². The summed E-state index contributed by atoms with van der Waals surface area (Å²) in [6, 6.07) is 3.81. The number of hydrogen-bond acceptors (Lipinski definition) is 7. The number of aromatic nitrogens is 2. The molecule has 0 aliphatic heterocycles. The Morgan fingerprint density at radius 1 is 1.10 bits per heavy atom. The highest BCUT2D eigenvalue weighted by atomic mass is 35.5. The SMILES string of the molecule is O=[N+]([O-])c1cccc(Cl)c1Oc1ncnc(Cl)c1[N+](=O)[O-]. The Kier molecular flexibility index (Phi) is 4.15. The molecule has 1 heterocycles. The summed E-state index contributed by atoms with van der Waals surface area (Å²) in [7, 11) is 0. The molecule has 0 saturated heterocycles. The van der Waals surface area contributed by atoms with Gasteiger partial charge in [0.1, 0.15) is 6.33 Å². The number of benzene rings is 1. The van der Waals surface area contributed by atoms with Crippen LogP contribution in [0.15, 0.2) is 24.5 Å². The molecule has 0 unspecified atom stereocenters. The molecule has 0 radical (unpaired) electrons. The monoisotopic (exact) mass is 330 g/mol. The van der Waals surface area contributed by atoms with Crippen LogP contribution in [-0.2, 0) is 0 Å². The molecule has 2 aromatic rings. The number of nitrogens with zero attached hydrogens (tertiary/aromatic N) is 4. The maximum absolute atomic E-state index is 10.9. The van der Waals surface area contributed by atoms with Gasteiger partial charge in [0.05, 0.1) is 14.9 Å². The molecule has 9 nitrogen and oxygen atoms in total. The minimum Gasteiger partial charge on any atom is -0.425 e. The Balaban J connectivity index is 2.56. The molecular weight excluding hydrogens is 327 g/mol. The van der Waals surface area contributed by atoms with E-state index in [0.29, 0.717) is 0 Å². The summed E-state index contributed by atoms with van der Waals surface area (Å²) in [4.78, 5) is 27.3. The molecule has 0 bridgehead atoms. The van der Waals surface area contributed by atoms with Gasteiger partial charge < -0.3 is 4.74 Å². The molecule has 0 saturated carbocycles. The standard InChI is InChI=1S/C10H4Cl2N4O5/c11-5-2-1-3-6(15(17)18)8(5)21-10-7(16(19)20)9(12)13-4-14-10/h1-4H. The van der Waals surface area contributed by atoms with E-state index in [1.54, 1.807) is 0 Å². The first-order chi connectivity index (χ1) is 9.91. The van der Waals surface area contributed by atoms with E-state index in [1.807, 2.05) is 0 Å². The molecule has 1 aromatic heterocycles. The lowest BCUT2D eigenvalue weighted by molar-refractivity contribution is -0.387. The Bertz CT molecular complexity index is 739. The summed E-state index contributed by atoms with van der Waals surface area (Å²) in [6.07, 6.45) is 0.924. The van der Waals surface area contributed by atoms with Crippen LogP contribution in [0.3, 0.4) is 0 Å². The normalized spacial score (nSPS) is 10.2. The summed E-state index contributed by atoms with van der Waals surface area (Å²) < 4.78 is 5.12. The molecule has 0 aliphatic rings. The van der Waals surface area contributed by atoms with Crippen LogP contribution in [0.1, 0.15) is 0 Å². The van der Waals surface area contributed by atoms with E-state index < -0.39 is 32.3 Å². The quantitative estimate of drug-likeness (QED) is 0.478. The number of ether oxygens (including phenoxy) is 1. The highest BCUT2D eigenvalue weighted by Gasteiger charge is 2.27. The maximum Gasteiger partial charge on any atom is 0.368 e. The van der Waals surface area contributed by atoms with E-state index in [1.165, 1.54) is 12.1 Å². The minimum atomic E-state index is -0.861. The van der Waals surface area contributed by atoms with E-state index in [9.17, 15) is 20.2 Å². The second kappa shape index (κ2) is 5.85. The van der Waals surface area contributed by atoms with Crippen molar-refractivity contribution >= 4 is 34.6 Å². The van der Waals surface area contributed by atoms with Crippen LogP contribution < -0.4 is 4.74 Å². The Morgan fingerprint density at radius 2 is 1.81 bits per heavy atom. The number of nitro benzene ring substituents is 1. The van der Waals surface area contributed by atoms with Gasteiger partial charge in [0.2, 0.25) is 10.9 Å². The van der Waals surface area contributed by atoms with Gasteiger partial charge in [-0.15, -0.1) is 0 Å². The molecule has 108 valence electrons. The fourth-order valence-electron chi connectivity index (χ4n) is 1.41. The summed E-state index contributed by atoms with van der Waals surface area (Å²) in [5.74, 6) is -0.918. The van der Waals surface area contributed by atoms with Crippen molar-refractivity contribution in [1.82, 2.24) is 9.97 Å². The third-order valence-corrected chi connectivity index (χ3v) is 2.84. The predicted octanol–water partition coefficient (Wildman–Crippen LogP) is 3.39. The van der Waals surface area contributed by atoms with Crippen LogP contribution in [0.5, 0.6) is 11.6 Å². The molecule has 0 aliphatic carbocycles. The average molecular weight is 331 g/mol. The zero-order valence-electron chi connectivity index (χ0n) is 9.90. The van der Waals surface area contributed by atoms with Crippen LogP contribution in [0, 0.1) is 20.2 Å². The van der Waals surface area contributed by atoms with Crippen molar-refractivity contribution in [2.45, 2.75) is 0 Å². The third-order valence-electron chi connectivity index (χ3n) is 2.27. The summed E-state index contributed by atoms with van der Waals surface area (Å²) in [5, 5.41) is 21.3. The number of nitro groups is 2. The average Bonchev–Trinajstić information content (AvgIpc) is 2.40. The van der Waals surface area contributed by atoms with Crippen LogP contribution in [-0.4, -0.2) is 19.8 Å². The van der Waals surface area contributed by atoms with E-state index >= 15 is 0 Å². The zero-order chi connectivity index (χ0) is 15.6. The summed E-state index contributed by atoms with van der Waals surface area (Å²) in [5.41, 5.74) is -1.18. The van der Waals surface area contributed by atoms with E-state index in [0.717, 1.165) is 12.4 Å². The number of para-hydroxylation sites is 1. The number of hydrogen-bond donors (Lipinski definition) is 0. The number of rotatable bonds is 4. The minimum absolute atomic E-state index is 0.103. The Hall–Kier alpha value is -2.52. The zero-order valence-corrected chi connectivity index (χ0v) is 11.4. The smallest absolute Gasteiger partial charge is 0.368 e. The first-order valence-corrected chi connectivity index (χ1v) is 5.93. The van der Waals surface area contributed by atoms with E-state index in [4.69, 9.17) is 27.9 Å². The van der Waals surface area contributed by atoms with Crippen molar-refractivity contribution in [2.75, 3.05) is 0 Å². The van der Waals surface area contributed by atoms with Crippen molar-refractivity contribution in [2.24, 2.45) is 0 Å². The van der Waals surface area contributed by atoms with Gasteiger partial charge in [0.25, 0.3) is 0 Å². The maximum atomic E-state index is 10.9. The predicted molar refractivity (Wildman–Crippen MR) is 71.9 cm³/mol.